The average Bonchev–Trinajstić information content (AvgIpc) is 3.44. The van der Waals surface area contributed by atoms with Crippen LogP contribution < -0.4 is 28.4 Å². The summed E-state index contributed by atoms with van der Waals surface area (Å²) < 4.78 is 65.6. The average molecular weight is 1110 g/mol. The number of halogens is 2. The lowest BCUT2D eigenvalue weighted by atomic mass is 9.92. The van der Waals surface area contributed by atoms with Crippen molar-refractivity contribution in [1.82, 2.24) is 29.9 Å². The molecule has 77 heavy (non-hydrogen) atoms. The van der Waals surface area contributed by atoms with Gasteiger partial charge in [0, 0.05) is 36.5 Å². The van der Waals surface area contributed by atoms with Gasteiger partial charge in [-0.2, -0.15) is 19.9 Å². The molecule has 0 bridgehead atoms. The van der Waals surface area contributed by atoms with Crippen molar-refractivity contribution in [2.45, 2.75) is 6.42 Å². The van der Waals surface area contributed by atoms with E-state index in [2.05, 4.69) is 69.4 Å². The van der Waals surface area contributed by atoms with E-state index in [0.29, 0.717) is 17.9 Å². The highest BCUT2D eigenvalue weighted by Crippen LogP contribution is 2.26. The number of carbonyl (C=O) groups is 6. The van der Waals surface area contributed by atoms with Gasteiger partial charge in [0.15, 0.2) is 0 Å². The zero-order chi connectivity index (χ0) is 56.1. The molecule has 0 saturated carbocycles. The molecule has 0 saturated heterocycles. The number of hydrogen-bond acceptors (Lipinski definition) is 24. The molecule has 0 amide bonds. The fourth-order valence-electron chi connectivity index (χ4n) is 5.75. The zero-order valence-corrected chi connectivity index (χ0v) is 42.8. The van der Waals surface area contributed by atoms with Gasteiger partial charge in [-0.05, 0) is 65.0 Å². The molecule has 0 atom stereocenters. The number of nitrogens with zero attached hydrogens (tertiary/aromatic N) is 6. The Morgan fingerprint density at radius 3 is 0.870 bits per heavy atom. The second-order valence-electron chi connectivity index (χ2n) is 15.6. The molecule has 0 spiro atoms. The van der Waals surface area contributed by atoms with Gasteiger partial charge in [0.25, 0.3) is 0 Å². The monoisotopic (exact) mass is 1110 g/mol. The molecule has 408 valence electrons. The topological polar surface area (TPSA) is 291 Å². The number of rotatable bonds is 36. The van der Waals surface area contributed by atoms with Crippen molar-refractivity contribution in [3.8, 4) is 35.5 Å². The summed E-state index contributed by atoms with van der Waals surface area (Å²) in [5.41, 5.74) is -0.927. The molecular weight excluding hydrogens is 1060 g/mol. The first-order valence-corrected chi connectivity index (χ1v) is 23.3. The molecule has 2 aromatic carbocycles. The molecule has 2 heterocycles. The zero-order valence-electron chi connectivity index (χ0n) is 41.3. The predicted molar refractivity (Wildman–Crippen MR) is 270 cm³/mol. The number of hydrogen-bond donors (Lipinski definition) is 0. The number of ether oxygens (including phenoxy) is 12. The van der Waals surface area contributed by atoms with E-state index >= 15 is 0 Å². The minimum atomic E-state index is -1.46. The molecule has 2 aromatic heterocycles. The van der Waals surface area contributed by atoms with Crippen LogP contribution in [0.1, 0.15) is 11.1 Å². The van der Waals surface area contributed by atoms with Crippen LogP contribution in [-0.4, -0.2) is 145 Å². The van der Waals surface area contributed by atoms with E-state index in [1.807, 2.05) is 24.3 Å². The lowest BCUT2D eigenvalue weighted by molar-refractivity contribution is -0.160. The third kappa shape index (κ3) is 22.2. The summed E-state index contributed by atoms with van der Waals surface area (Å²) in [6.45, 7) is 16.7. The van der Waals surface area contributed by atoms with Gasteiger partial charge in [-0.3, -0.25) is 0 Å². The molecule has 0 N–H and O–H groups in total. The quantitative estimate of drug-likeness (QED) is 0.0251. The van der Waals surface area contributed by atoms with E-state index in [0.717, 1.165) is 47.6 Å². The van der Waals surface area contributed by atoms with Crippen molar-refractivity contribution in [2.24, 2.45) is 10.8 Å². The Bertz CT molecular complexity index is 2420. The third-order valence-corrected chi connectivity index (χ3v) is 10.0. The van der Waals surface area contributed by atoms with Crippen LogP contribution >= 0.6 is 23.2 Å². The first-order chi connectivity index (χ1) is 37.0. The molecule has 4 aromatic rings. The molecule has 0 radical (unpaired) electrons. The summed E-state index contributed by atoms with van der Waals surface area (Å²) in [6, 6.07) is 13.8. The fraction of sp³-hybridized carbons (Fsp3) is 0.294. The van der Waals surface area contributed by atoms with E-state index in [1.54, 1.807) is 24.3 Å². The van der Waals surface area contributed by atoms with Crippen LogP contribution in [0.2, 0.25) is 10.6 Å². The second-order valence-corrected chi connectivity index (χ2v) is 16.3. The molecule has 0 aliphatic carbocycles. The maximum Gasteiger partial charge on any atom is 0.330 e. The van der Waals surface area contributed by atoms with Crippen molar-refractivity contribution in [2.75, 3.05) is 79.3 Å². The predicted octanol–water partition coefficient (Wildman–Crippen LogP) is 4.98. The van der Waals surface area contributed by atoms with Crippen molar-refractivity contribution in [3.05, 3.63) is 146 Å². The first kappa shape index (κ1) is 60.7. The van der Waals surface area contributed by atoms with Crippen LogP contribution in [0.4, 0.5) is 0 Å². The van der Waals surface area contributed by atoms with Crippen LogP contribution in [0.5, 0.6) is 35.5 Å². The van der Waals surface area contributed by atoms with Crippen LogP contribution in [0.25, 0.3) is 0 Å². The lowest BCUT2D eigenvalue weighted by Crippen LogP contribution is -2.44. The van der Waals surface area contributed by atoms with E-state index in [-0.39, 0.29) is 61.0 Å². The van der Waals surface area contributed by atoms with Crippen LogP contribution in [0.15, 0.2) is 124 Å². The summed E-state index contributed by atoms with van der Waals surface area (Å²) in [4.78, 5) is 95.6. The maximum absolute atomic E-state index is 11.9. The number of esters is 6. The lowest BCUT2D eigenvalue weighted by Gasteiger charge is -2.31. The van der Waals surface area contributed by atoms with Gasteiger partial charge >= 0.3 is 59.9 Å². The normalized spacial score (nSPS) is 10.7. The van der Waals surface area contributed by atoms with E-state index in [9.17, 15) is 28.8 Å². The Kier molecular flexibility index (Phi) is 25.0. The highest BCUT2D eigenvalue weighted by atomic mass is 35.5. The van der Waals surface area contributed by atoms with Crippen LogP contribution in [0, 0.1) is 10.8 Å². The largest absolute Gasteiger partial charge is 0.490 e. The molecule has 24 nitrogen and oxygen atoms in total. The Hall–Kier alpha value is -8.90. The summed E-state index contributed by atoms with van der Waals surface area (Å²) in [5.74, 6) is -3.70. The van der Waals surface area contributed by atoms with Crippen LogP contribution in [-0.2, 0) is 63.6 Å². The standard InChI is InChI=1S/C51H52Cl2N6O18/c1-7-38(60)70-26-50(27-71-39(61)8-2,28-72-40(62)9-3)32-76-48-56-44(52)54-46(58-48)68-23-21-66-36-17-13-34(14-18-36)25-35-15-19-37(20-16-35)67-22-24-69-47-55-45(53)57-49(59-47)77-33-51(29-73-41(63)10-4,30-74-42(64)11-5)31-75-43(65)12-6/h7-20H,1-6,21-33H2. The van der Waals surface area contributed by atoms with Crippen molar-refractivity contribution < 1.29 is 85.6 Å². The Morgan fingerprint density at radius 1 is 0.364 bits per heavy atom. The number of carbonyl (C=O) groups excluding carboxylic acids is 6. The van der Waals surface area contributed by atoms with Crippen molar-refractivity contribution in [1.29, 1.82) is 0 Å². The van der Waals surface area contributed by atoms with Gasteiger partial charge in [-0.25, -0.2) is 28.8 Å². The minimum absolute atomic E-state index is 0.0154. The van der Waals surface area contributed by atoms with Gasteiger partial charge in [0.05, 0.1) is 0 Å². The van der Waals surface area contributed by atoms with E-state index in [1.165, 1.54) is 0 Å². The SMILES string of the molecule is C=CC(=O)OCC(COC(=O)C=C)(COC(=O)C=C)COc1nc(Cl)nc(OCCOc2ccc(Cc3ccc(OCCOc4nc(Cl)nc(OCC(COC(=O)C=C)(COC(=O)C=C)COC(=O)C=C)n4)cc3)cc2)n1. The number of aromatic nitrogens is 6. The highest BCUT2D eigenvalue weighted by Gasteiger charge is 2.39. The third-order valence-electron chi connectivity index (χ3n) is 9.69. The minimum Gasteiger partial charge on any atom is -0.490 e. The Balaban J connectivity index is 1.25. The molecule has 0 aliphatic heterocycles. The first-order valence-electron chi connectivity index (χ1n) is 22.6. The fourth-order valence-corrected chi connectivity index (χ4v) is 6.04. The van der Waals surface area contributed by atoms with Gasteiger partial charge in [-0.15, -0.1) is 9.97 Å². The second kappa shape index (κ2) is 31.7. The van der Waals surface area contributed by atoms with Gasteiger partial charge < -0.3 is 56.8 Å². The molecule has 0 aliphatic rings. The highest BCUT2D eigenvalue weighted by molar-refractivity contribution is 6.28. The summed E-state index contributed by atoms with van der Waals surface area (Å²) >= 11 is 12.2. The van der Waals surface area contributed by atoms with E-state index in [4.69, 9.17) is 80.0 Å². The molecule has 4 rings (SSSR count). The van der Waals surface area contributed by atoms with Crippen molar-refractivity contribution in [3.63, 3.8) is 0 Å². The van der Waals surface area contributed by atoms with E-state index < -0.39 is 99.5 Å². The Labute approximate surface area is 451 Å². The number of benzene rings is 2. The molecular formula is C51H52Cl2N6O18. The summed E-state index contributed by atoms with van der Waals surface area (Å²) in [6.07, 6.45) is 6.12. The smallest absolute Gasteiger partial charge is 0.330 e. The maximum atomic E-state index is 11.9. The van der Waals surface area contributed by atoms with Gasteiger partial charge in [0.2, 0.25) is 10.6 Å². The van der Waals surface area contributed by atoms with Gasteiger partial charge in [0.1, 0.15) is 102 Å². The summed E-state index contributed by atoms with van der Waals surface area (Å²) in [7, 11) is 0. The van der Waals surface area contributed by atoms with Crippen molar-refractivity contribution >= 4 is 59.0 Å². The van der Waals surface area contributed by atoms with Gasteiger partial charge in [-0.1, -0.05) is 63.7 Å². The Morgan fingerprint density at radius 2 is 0.610 bits per heavy atom. The molecule has 26 heteroatoms. The van der Waals surface area contributed by atoms with Crippen LogP contribution in [0.3, 0.4) is 0 Å². The molecule has 0 unspecified atom stereocenters. The summed E-state index contributed by atoms with van der Waals surface area (Å²) in [5, 5.41) is -0.568. The molecule has 0 fully saturated rings.